The Morgan fingerprint density at radius 2 is 1.62 bits per heavy atom. The summed E-state index contributed by atoms with van der Waals surface area (Å²) in [5.74, 6) is -0.366. The molecule has 0 aliphatic carbocycles. The van der Waals surface area contributed by atoms with Gasteiger partial charge >= 0.3 is 0 Å². The fourth-order valence-corrected chi connectivity index (χ4v) is 6.98. The lowest BCUT2D eigenvalue weighted by Crippen LogP contribution is -2.31. The van der Waals surface area contributed by atoms with Crippen LogP contribution in [0.5, 0.6) is 0 Å². The smallest absolute Gasteiger partial charge is 0.265 e. The quantitative estimate of drug-likeness (QED) is 0.321. The van der Waals surface area contributed by atoms with Gasteiger partial charge in [0.1, 0.15) is 4.90 Å². The first-order chi connectivity index (χ1) is 15.2. The first-order valence-electron chi connectivity index (χ1n) is 9.85. The number of carbonyl (C=O) groups excluding carboxylic acids is 1. The predicted octanol–water partition coefficient (Wildman–Crippen LogP) is 6.89. The van der Waals surface area contributed by atoms with Crippen LogP contribution in [0.25, 0.3) is 0 Å². The van der Waals surface area contributed by atoms with Gasteiger partial charge in [-0.05, 0) is 61.4 Å². The molecule has 9 heteroatoms. The summed E-state index contributed by atoms with van der Waals surface area (Å²) in [6.45, 7) is 4.00. The molecule has 0 aliphatic rings. The van der Waals surface area contributed by atoms with E-state index in [4.69, 9.17) is 11.6 Å². The summed E-state index contributed by atoms with van der Waals surface area (Å²) in [5.41, 5.74) is 2.35. The highest BCUT2D eigenvalue weighted by Gasteiger charge is 2.26. The maximum atomic E-state index is 13.4. The third-order valence-corrected chi connectivity index (χ3v) is 8.64. The third kappa shape index (κ3) is 5.20. The molecule has 5 nitrogen and oxygen atoms in total. The molecule has 0 radical (unpaired) electrons. The maximum absolute atomic E-state index is 13.4. The molecule has 0 aromatic heterocycles. The van der Waals surface area contributed by atoms with Gasteiger partial charge in [0.05, 0.1) is 10.7 Å². The van der Waals surface area contributed by atoms with Crippen LogP contribution >= 0.6 is 43.5 Å². The Bertz CT molecular complexity index is 1230. The minimum atomic E-state index is -3.95. The average molecular weight is 601 g/mol. The van der Waals surface area contributed by atoms with Crippen molar-refractivity contribution in [1.29, 1.82) is 0 Å². The van der Waals surface area contributed by atoms with Gasteiger partial charge in [0.2, 0.25) is 0 Å². The number of para-hydroxylation sites is 1. The second-order valence-electron chi connectivity index (χ2n) is 6.88. The van der Waals surface area contributed by atoms with Crippen molar-refractivity contribution < 1.29 is 13.2 Å². The monoisotopic (exact) mass is 598 g/mol. The van der Waals surface area contributed by atoms with E-state index in [1.54, 1.807) is 49.4 Å². The highest BCUT2D eigenvalue weighted by molar-refractivity contribution is 9.11. The minimum Gasteiger partial charge on any atom is -0.322 e. The molecule has 168 valence electrons. The molecule has 0 fully saturated rings. The summed E-state index contributed by atoms with van der Waals surface area (Å²) < 4.78 is 29.7. The Hall–Kier alpha value is -1.87. The van der Waals surface area contributed by atoms with E-state index in [1.807, 2.05) is 13.0 Å². The van der Waals surface area contributed by atoms with Crippen molar-refractivity contribution in [1.82, 2.24) is 0 Å². The number of halogens is 3. The zero-order valence-electron chi connectivity index (χ0n) is 17.4. The second kappa shape index (κ2) is 10.4. The number of rotatable bonds is 7. The fraction of sp³-hybridized carbons (Fsp3) is 0.174. The lowest BCUT2D eigenvalue weighted by Gasteiger charge is -2.23. The van der Waals surface area contributed by atoms with Gasteiger partial charge in [-0.25, -0.2) is 8.42 Å². The molecule has 32 heavy (non-hydrogen) atoms. The van der Waals surface area contributed by atoms with Crippen LogP contribution in [-0.4, -0.2) is 20.9 Å². The van der Waals surface area contributed by atoms with Crippen molar-refractivity contribution in [2.45, 2.75) is 25.2 Å². The van der Waals surface area contributed by atoms with Gasteiger partial charge in [-0.15, -0.1) is 0 Å². The number of hydrogen-bond acceptors (Lipinski definition) is 3. The third-order valence-electron chi connectivity index (χ3n) is 4.85. The molecule has 1 N–H and O–H groups in total. The normalized spacial score (nSPS) is 11.3. The minimum absolute atomic E-state index is 0.0774. The molecule has 0 bridgehead atoms. The average Bonchev–Trinajstić information content (AvgIpc) is 2.75. The van der Waals surface area contributed by atoms with Crippen LogP contribution in [0.1, 0.15) is 29.8 Å². The van der Waals surface area contributed by atoms with Gasteiger partial charge in [0, 0.05) is 26.7 Å². The number of nitrogens with one attached hydrogen (secondary N) is 1. The van der Waals surface area contributed by atoms with E-state index in [1.165, 1.54) is 16.4 Å². The molecule has 0 atom stereocenters. The molecule has 3 aromatic carbocycles. The second-order valence-corrected chi connectivity index (χ2v) is 10.8. The summed E-state index contributed by atoms with van der Waals surface area (Å²) in [7, 11) is -3.95. The van der Waals surface area contributed by atoms with E-state index >= 15 is 0 Å². The molecule has 1 amide bonds. The van der Waals surface area contributed by atoms with Crippen molar-refractivity contribution in [2.75, 3.05) is 16.2 Å². The summed E-state index contributed by atoms with van der Waals surface area (Å²) in [6.07, 6.45) is 0.802. The van der Waals surface area contributed by atoms with Crippen molar-refractivity contribution in [3.63, 3.8) is 0 Å². The Kier molecular flexibility index (Phi) is 8.03. The number of hydrogen-bond donors (Lipinski definition) is 1. The fourth-order valence-electron chi connectivity index (χ4n) is 3.26. The zero-order chi connectivity index (χ0) is 23.5. The lowest BCUT2D eigenvalue weighted by atomic mass is 10.1. The number of amides is 1. The Balaban J connectivity index is 1.94. The van der Waals surface area contributed by atoms with Gasteiger partial charge in [-0.3, -0.25) is 9.10 Å². The molecule has 0 unspecified atom stereocenters. The Morgan fingerprint density at radius 3 is 2.19 bits per heavy atom. The molecule has 0 aliphatic heterocycles. The first kappa shape index (κ1) is 24.8. The van der Waals surface area contributed by atoms with E-state index in [0.717, 1.165) is 20.9 Å². The van der Waals surface area contributed by atoms with Crippen LogP contribution in [0.3, 0.4) is 0 Å². The van der Waals surface area contributed by atoms with Gasteiger partial charge in [-0.2, -0.15) is 0 Å². The molecule has 0 heterocycles. The number of sulfonamides is 1. The van der Waals surface area contributed by atoms with Crippen LogP contribution in [0.2, 0.25) is 5.02 Å². The van der Waals surface area contributed by atoms with E-state index in [2.05, 4.69) is 37.2 Å². The number of anilines is 2. The first-order valence-corrected chi connectivity index (χ1v) is 13.3. The molecular weight excluding hydrogens is 580 g/mol. The molecule has 3 rings (SSSR count). The van der Waals surface area contributed by atoms with Crippen LogP contribution in [0.15, 0.2) is 74.5 Å². The number of benzene rings is 3. The SMILES string of the molecule is CCc1c(Br)cc(C(=O)Nc2ccc(Cl)c(S(=O)(=O)N(CC)c3ccccc3)c2)cc1Br. The number of nitrogens with zero attached hydrogens (tertiary/aromatic N) is 1. The van der Waals surface area contributed by atoms with Crippen molar-refractivity contribution in [3.05, 3.63) is 85.8 Å². The Labute approximate surface area is 210 Å². The highest BCUT2D eigenvalue weighted by atomic mass is 79.9. The van der Waals surface area contributed by atoms with Gasteiger partial charge in [0.15, 0.2) is 0 Å². The molecule has 0 spiro atoms. The van der Waals surface area contributed by atoms with Gasteiger partial charge < -0.3 is 5.32 Å². The molecule has 3 aromatic rings. The van der Waals surface area contributed by atoms with E-state index in [-0.39, 0.29) is 22.4 Å². The van der Waals surface area contributed by atoms with Crippen molar-refractivity contribution in [2.24, 2.45) is 0 Å². The molecule has 0 saturated heterocycles. The largest absolute Gasteiger partial charge is 0.322 e. The summed E-state index contributed by atoms with van der Waals surface area (Å²) in [5, 5.41) is 2.84. The number of carbonyl (C=O) groups is 1. The van der Waals surface area contributed by atoms with Gasteiger partial charge in [-0.1, -0.05) is 68.6 Å². The highest BCUT2D eigenvalue weighted by Crippen LogP contribution is 2.32. The summed E-state index contributed by atoms with van der Waals surface area (Å²) >= 11 is 13.3. The van der Waals surface area contributed by atoms with Crippen LogP contribution in [0.4, 0.5) is 11.4 Å². The Morgan fingerprint density at radius 1 is 1.00 bits per heavy atom. The molecular formula is C23H21Br2ClN2O3S. The van der Waals surface area contributed by atoms with E-state index < -0.39 is 10.0 Å². The van der Waals surface area contributed by atoms with Crippen LogP contribution < -0.4 is 9.62 Å². The maximum Gasteiger partial charge on any atom is 0.265 e. The zero-order valence-corrected chi connectivity index (χ0v) is 22.1. The van der Waals surface area contributed by atoms with Crippen LogP contribution in [0, 0.1) is 0 Å². The van der Waals surface area contributed by atoms with Crippen molar-refractivity contribution in [3.8, 4) is 0 Å². The predicted molar refractivity (Wildman–Crippen MR) is 137 cm³/mol. The lowest BCUT2D eigenvalue weighted by molar-refractivity contribution is 0.102. The summed E-state index contributed by atoms with van der Waals surface area (Å²) in [4.78, 5) is 12.8. The molecule has 0 saturated carbocycles. The van der Waals surface area contributed by atoms with Gasteiger partial charge in [0.25, 0.3) is 15.9 Å². The topological polar surface area (TPSA) is 66.5 Å². The standard InChI is InChI=1S/C23H21Br2ClN2O3S/c1-3-18-19(24)12-15(13-20(18)25)23(29)27-16-10-11-21(26)22(14-16)32(30,31)28(4-2)17-8-6-5-7-9-17/h5-14H,3-4H2,1-2H3,(H,27,29). The van der Waals surface area contributed by atoms with Crippen LogP contribution in [-0.2, 0) is 16.4 Å². The van der Waals surface area contributed by atoms with E-state index in [9.17, 15) is 13.2 Å². The summed E-state index contributed by atoms with van der Waals surface area (Å²) in [6, 6.07) is 16.7. The van der Waals surface area contributed by atoms with E-state index in [0.29, 0.717) is 16.9 Å². The van der Waals surface area contributed by atoms with Crippen molar-refractivity contribution >= 4 is 70.8 Å².